The standard InChI is InChI=1S/C24H27N3O2/c1-18-13-15-27(16-14-18)21-9-7-20(8-10-21)26-23(28)11-12-24-25-17-22(29-24)19-5-3-2-4-6-19/h2-10,17-18H,11-16H2,1H3,(H,26,28). The molecule has 0 atom stereocenters. The average Bonchev–Trinajstić information content (AvgIpc) is 3.23. The summed E-state index contributed by atoms with van der Waals surface area (Å²) in [6, 6.07) is 18.0. The van der Waals surface area contributed by atoms with Crippen LogP contribution in [0.15, 0.2) is 65.2 Å². The number of hydrogen-bond donors (Lipinski definition) is 1. The quantitative estimate of drug-likeness (QED) is 0.633. The highest BCUT2D eigenvalue weighted by molar-refractivity contribution is 5.91. The summed E-state index contributed by atoms with van der Waals surface area (Å²) in [7, 11) is 0. The van der Waals surface area contributed by atoms with E-state index in [1.807, 2.05) is 42.5 Å². The molecule has 5 heteroatoms. The van der Waals surface area contributed by atoms with Crippen molar-refractivity contribution in [3.05, 3.63) is 66.7 Å². The van der Waals surface area contributed by atoms with Gasteiger partial charge >= 0.3 is 0 Å². The fourth-order valence-electron chi connectivity index (χ4n) is 3.63. The number of hydrogen-bond acceptors (Lipinski definition) is 4. The Balaban J connectivity index is 1.27. The molecular formula is C24H27N3O2. The number of benzene rings is 2. The van der Waals surface area contributed by atoms with Crippen molar-refractivity contribution in [2.75, 3.05) is 23.3 Å². The molecule has 1 aromatic heterocycles. The summed E-state index contributed by atoms with van der Waals surface area (Å²) in [5.74, 6) is 2.08. The first-order valence-corrected chi connectivity index (χ1v) is 10.3. The maximum absolute atomic E-state index is 12.3. The summed E-state index contributed by atoms with van der Waals surface area (Å²) >= 11 is 0. The highest BCUT2D eigenvalue weighted by Crippen LogP contribution is 2.24. The molecular weight excluding hydrogens is 362 g/mol. The van der Waals surface area contributed by atoms with Crippen molar-refractivity contribution in [3.63, 3.8) is 0 Å². The van der Waals surface area contributed by atoms with Crippen molar-refractivity contribution >= 4 is 17.3 Å². The number of amides is 1. The van der Waals surface area contributed by atoms with Crippen LogP contribution in [0.1, 0.15) is 32.1 Å². The van der Waals surface area contributed by atoms with Gasteiger partial charge < -0.3 is 14.6 Å². The molecule has 4 rings (SSSR count). The van der Waals surface area contributed by atoms with Gasteiger partial charge in [0.15, 0.2) is 11.7 Å². The number of nitrogens with zero attached hydrogens (tertiary/aromatic N) is 2. The predicted octanol–water partition coefficient (Wildman–Crippen LogP) is 5.15. The first-order chi connectivity index (χ1) is 14.2. The monoisotopic (exact) mass is 389 g/mol. The van der Waals surface area contributed by atoms with E-state index < -0.39 is 0 Å². The minimum absolute atomic E-state index is 0.0380. The normalized spacial score (nSPS) is 14.7. The van der Waals surface area contributed by atoms with E-state index in [0.29, 0.717) is 18.7 Å². The van der Waals surface area contributed by atoms with Crippen molar-refractivity contribution in [2.45, 2.75) is 32.6 Å². The lowest BCUT2D eigenvalue weighted by molar-refractivity contribution is -0.116. The maximum atomic E-state index is 12.3. The molecule has 1 fully saturated rings. The fourth-order valence-corrected chi connectivity index (χ4v) is 3.63. The Kier molecular flexibility index (Phi) is 5.94. The lowest BCUT2D eigenvalue weighted by Crippen LogP contribution is -2.32. The number of rotatable bonds is 6. The first-order valence-electron chi connectivity index (χ1n) is 10.3. The van der Waals surface area contributed by atoms with E-state index in [9.17, 15) is 4.79 Å². The van der Waals surface area contributed by atoms with Crippen LogP contribution in [0, 0.1) is 5.92 Å². The van der Waals surface area contributed by atoms with Crippen LogP contribution in [-0.2, 0) is 11.2 Å². The molecule has 0 aliphatic carbocycles. The van der Waals surface area contributed by atoms with Crippen molar-refractivity contribution in [1.29, 1.82) is 0 Å². The molecule has 1 amide bonds. The van der Waals surface area contributed by atoms with Crippen molar-refractivity contribution in [2.24, 2.45) is 5.92 Å². The molecule has 0 radical (unpaired) electrons. The summed E-state index contributed by atoms with van der Waals surface area (Å²) in [5.41, 5.74) is 3.03. The largest absolute Gasteiger partial charge is 0.441 e. The summed E-state index contributed by atoms with van der Waals surface area (Å²) in [4.78, 5) is 19.0. The number of carbonyl (C=O) groups excluding carboxylic acids is 1. The Morgan fingerprint density at radius 3 is 2.55 bits per heavy atom. The molecule has 2 heterocycles. The summed E-state index contributed by atoms with van der Waals surface area (Å²) in [5, 5.41) is 2.96. The number of anilines is 2. The van der Waals surface area contributed by atoms with Gasteiger partial charge in [-0.05, 0) is 43.0 Å². The van der Waals surface area contributed by atoms with Crippen LogP contribution in [-0.4, -0.2) is 24.0 Å². The molecule has 2 aromatic carbocycles. The van der Waals surface area contributed by atoms with Crippen molar-refractivity contribution in [3.8, 4) is 11.3 Å². The van der Waals surface area contributed by atoms with E-state index >= 15 is 0 Å². The number of aromatic nitrogens is 1. The molecule has 29 heavy (non-hydrogen) atoms. The van der Waals surface area contributed by atoms with Gasteiger partial charge in [0.2, 0.25) is 5.91 Å². The van der Waals surface area contributed by atoms with Crippen molar-refractivity contribution < 1.29 is 9.21 Å². The maximum Gasteiger partial charge on any atom is 0.224 e. The Hall–Kier alpha value is -3.08. The number of nitrogens with one attached hydrogen (secondary N) is 1. The zero-order valence-electron chi connectivity index (χ0n) is 16.8. The minimum Gasteiger partial charge on any atom is -0.441 e. The zero-order valence-corrected chi connectivity index (χ0v) is 16.8. The number of carbonyl (C=O) groups is 1. The SMILES string of the molecule is CC1CCN(c2ccc(NC(=O)CCc3ncc(-c4ccccc4)o3)cc2)CC1. The third-order valence-corrected chi connectivity index (χ3v) is 5.48. The second kappa shape index (κ2) is 8.95. The molecule has 1 N–H and O–H groups in total. The minimum atomic E-state index is -0.0380. The van der Waals surface area contributed by atoms with Crippen LogP contribution in [0.4, 0.5) is 11.4 Å². The second-order valence-corrected chi connectivity index (χ2v) is 7.75. The van der Waals surface area contributed by atoms with Gasteiger partial charge in [0.25, 0.3) is 0 Å². The Morgan fingerprint density at radius 2 is 1.83 bits per heavy atom. The molecule has 3 aromatic rings. The zero-order chi connectivity index (χ0) is 20.1. The van der Waals surface area contributed by atoms with Gasteiger partial charge in [0.1, 0.15) is 0 Å². The summed E-state index contributed by atoms with van der Waals surface area (Å²) in [6.07, 6.45) is 5.00. The van der Waals surface area contributed by atoms with Crippen LogP contribution in [0.5, 0.6) is 0 Å². The second-order valence-electron chi connectivity index (χ2n) is 7.75. The van der Waals surface area contributed by atoms with E-state index in [0.717, 1.165) is 36.0 Å². The van der Waals surface area contributed by atoms with Crippen LogP contribution in [0.2, 0.25) is 0 Å². The molecule has 150 valence electrons. The van der Waals surface area contributed by atoms with Gasteiger partial charge in [-0.1, -0.05) is 37.3 Å². The van der Waals surface area contributed by atoms with E-state index in [2.05, 4.69) is 34.3 Å². The highest BCUT2D eigenvalue weighted by atomic mass is 16.4. The first kappa shape index (κ1) is 19.2. The highest BCUT2D eigenvalue weighted by Gasteiger charge is 2.16. The van der Waals surface area contributed by atoms with Crippen LogP contribution < -0.4 is 10.2 Å². The van der Waals surface area contributed by atoms with E-state index in [1.54, 1.807) is 6.20 Å². The van der Waals surface area contributed by atoms with Gasteiger partial charge in [-0.3, -0.25) is 4.79 Å². The Bertz CT molecular complexity index is 926. The predicted molar refractivity (Wildman–Crippen MR) is 116 cm³/mol. The number of oxazole rings is 1. The molecule has 0 saturated carbocycles. The van der Waals surface area contributed by atoms with E-state index in [-0.39, 0.29) is 5.91 Å². The fraction of sp³-hybridized carbons (Fsp3) is 0.333. The lowest BCUT2D eigenvalue weighted by atomic mass is 9.99. The molecule has 1 aliphatic heterocycles. The topological polar surface area (TPSA) is 58.4 Å². The van der Waals surface area contributed by atoms with Gasteiger partial charge in [-0.25, -0.2) is 4.98 Å². The van der Waals surface area contributed by atoms with Gasteiger partial charge in [0, 0.05) is 42.9 Å². The Labute approximate surface area is 171 Å². The van der Waals surface area contributed by atoms with E-state index in [1.165, 1.54) is 18.5 Å². The number of aryl methyl sites for hydroxylation is 1. The van der Waals surface area contributed by atoms with Crippen molar-refractivity contribution in [1.82, 2.24) is 4.98 Å². The van der Waals surface area contributed by atoms with Gasteiger partial charge in [-0.15, -0.1) is 0 Å². The van der Waals surface area contributed by atoms with Crippen LogP contribution >= 0.6 is 0 Å². The molecule has 0 spiro atoms. The smallest absolute Gasteiger partial charge is 0.224 e. The van der Waals surface area contributed by atoms with Crippen LogP contribution in [0.3, 0.4) is 0 Å². The third kappa shape index (κ3) is 5.05. The molecule has 1 saturated heterocycles. The Morgan fingerprint density at radius 1 is 1.10 bits per heavy atom. The van der Waals surface area contributed by atoms with Crippen LogP contribution in [0.25, 0.3) is 11.3 Å². The third-order valence-electron chi connectivity index (χ3n) is 5.48. The summed E-state index contributed by atoms with van der Waals surface area (Å²) < 4.78 is 5.76. The van der Waals surface area contributed by atoms with Gasteiger partial charge in [-0.2, -0.15) is 0 Å². The molecule has 0 unspecified atom stereocenters. The van der Waals surface area contributed by atoms with Gasteiger partial charge in [0.05, 0.1) is 6.20 Å². The number of piperidine rings is 1. The average molecular weight is 389 g/mol. The lowest BCUT2D eigenvalue weighted by Gasteiger charge is -2.32. The van der Waals surface area contributed by atoms with E-state index in [4.69, 9.17) is 4.42 Å². The summed E-state index contributed by atoms with van der Waals surface area (Å²) in [6.45, 7) is 4.53. The molecule has 5 nitrogen and oxygen atoms in total. The molecule has 0 bridgehead atoms. The molecule has 1 aliphatic rings.